The molecule has 0 N–H and O–H groups in total. The Balaban J connectivity index is 2.99. The Hall–Kier alpha value is -1.15. The fraction of sp³-hybridized carbons (Fsp3) is 0.333. The first-order chi connectivity index (χ1) is 7.33. The number of benzene rings is 1. The molecule has 2 nitrogen and oxygen atoms in total. The number of ether oxygens (including phenoxy) is 2. The highest BCUT2D eigenvalue weighted by Crippen LogP contribution is 2.29. The maximum atomic E-state index is 5.60. The maximum absolute atomic E-state index is 5.60. The largest absolute Gasteiger partial charge is 0.496 e. The number of rotatable bonds is 5. The first kappa shape index (κ1) is 11.9. The standard InChI is InChI=1S/C12H15ClO2/c1-14-11-7-5-8-12(15-2)10(11)6-3-4-9-13/h3,5-8H,4,9H2,1-2H3. The molecule has 0 amide bonds. The number of methoxy groups -OCH3 is 2. The van der Waals surface area contributed by atoms with E-state index in [1.807, 2.05) is 30.4 Å². The molecule has 0 spiro atoms. The molecule has 0 aliphatic carbocycles. The summed E-state index contributed by atoms with van der Waals surface area (Å²) in [4.78, 5) is 0. The third-order valence-electron chi connectivity index (χ3n) is 2.03. The zero-order chi connectivity index (χ0) is 11.1. The molecule has 82 valence electrons. The fourth-order valence-corrected chi connectivity index (χ4v) is 1.43. The van der Waals surface area contributed by atoms with Gasteiger partial charge < -0.3 is 9.47 Å². The van der Waals surface area contributed by atoms with Gasteiger partial charge in [-0.05, 0) is 18.6 Å². The minimum absolute atomic E-state index is 0.619. The molecule has 1 rings (SSSR count). The van der Waals surface area contributed by atoms with Crippen molar-refractivity contribution in [1.82, 2.24) is 0 Å². The summed E-state index contributed by atoms with van der Waals surface area (Å²) in [6.07, 6.45) is 4.82. The van der Waals surface area contributed by atoms with Gasteiger partial charge in [-0.3, -0.25) is 0 Å². The van der Waals surface area contributed by atoms with Gasteiger partial charge in [0.05, 0.1) is 19.8 Å². The molecule has 15 heavy (non-hydrogen) atoms. The molecule has 0 aromatic heterocycles. The number of alkyl halides is 1. The third-order valence-corrected chi connectivity index (χ3v) is 2.24. The molecule has 0 saturated heterocycles. The summed E-state index contributed by atoms with van der Waals surface area (Å²) < 4.78 is 10.5. The zero-order valence-electron chi connectivity index (χ0n) is 9.00. The molecule has 0 saturated carbocycles. The van der Waals surface area contributed by atoms with Crippen molar-refractivity contribution >= 4 is 17.7 Å². The first-order valence-corrected chi connectivity index (χ1v) is 5.30. The Morgan fingerprint density at radius 1 is 1.20 bits per heavy atom. The second-order valence-electron chi connectivity index (χ2n) is 2.96. The van der Waals surface area contributed by atoms with Crippen LogP contribution in [0, 0.1) is 0 Å². The first-order valence-electron chi connectivity index (χ1n) is 4.77. The second-order valence-corrected chi connectivity index (χ2v) is 3.33. The summed E-state index contributed by atoms with van der Waals surface area (Å²) >= 11 is 5.60. The van der Waals surface area contributed by atoms with Crippen LogP contribution in [0.3, 0.4) is 0 Å². The summed E-state index contributed by atoms with van der Waals surface area (Å²) in [6.45, 7) is 0. The molecule has 0 aliphatic rings. The molecular weight excluding hydrogens is 212 g/mol. The van der Waals surface area contributed by atoms with Crippen molar-refractivity contribution in [3.05, 3.63) is 29.8 Å². The molecule has 3 heteroatoms. The van der Waals surface area contributed by atoms with Crippen LogP contribution in [0.15, 0.2) is 24.3 Å². The number of hydrogen-bond acceptors (Lipinski definition) is 2. The summed E-state index contributed by atoms with van der Waals surface area (Å²) in [7, 11) is 3.29. The summed E-state index contributed by atoms with van der Waals surface area (Å²) in [5.74, 6) is 2.23. The molecule has 0 atom stereocenters. The van der Waals surface area contributed by atoms with Gasteiger partial charge >= 0.3 is 0 Å². The second kappa shape index (κ2) is 6.36. The Bertz CT molecular complexity index is 312. The van der Waals surface area contributed by atoms with Crippen LogP contribution in [0.1, 0.15) is 12.0 Å². The quantitative estimate of drug-likeness (QED) is 0.717. The summed E-state index contributed by atoms with van der Waals surface area (Å²) in [5.41, 5.74) is 0.951. The molecule has 0 aliphatic heterocycles. The van der Waals surface area contributed by atoms with Crippen LogP contribution in [0.5, 0.6) is 11.5 Å². The van der Waals surface area contributed by atoms with Gasteiger partial charge in [0.2, 0.25) is 0 Å². The lowest BCUT2D eigenvalue weighted by molar-refractivity contribution is 0.392. The van der Waals surface area contributed by atoms with E-state index in [0.29, 0.717) is 5.88 Å². The van der Waals surface area contributed by atoms with Crippen LogP contribution in [-0.2, 0) is 0 Å². The van der Waals surface area contributed by atoms with Gasteiger partial charge in [-0.25, -0.2) is 0 Å². The monoisotopic (exact) mass is 226 g/mol. The average molecular weight is 227 g/mol. The topological polar surface area (TPSA) is 18.5 Å². The highest BCUT2D eigenvalue weighted by molar-refractivity contribution is 6.17. The van der Waals surface area contributed by atoms with Crippen LogP contribution in [0.4, 0.5) is 0 Å². The number of allylic oxidation sites excluding steroid dienone is 1. The molecule has 0 fully saturated rings. The van der Waals surface area contributed by atoms with E-state index in [2.05, 4.69) is 0 Å². The van der Waals surface area contributed by atoms with Crippen molar-refractivity contribution in [3.8, 4) is 11.5 Å². The van der Waals surface area contributed by atoms with Crippen LogP contribution in [-0.4, -0.2) is 20.1 Å². The van der Waals surface area contributed by atoms with E-state index in [1.54, 1.807) is 14.2 Å². The lowest BCUT2D eigenvalue weighted by atomic mass is 10.1. The Morgan fingerprint density at radius 2 is 1.80 bits per heavy atom. The predicted molar refractivity (Wildman–Crippen MR) is 63.9 cm³/mol. The predicted octanol–water partition coefficient (Wildman–Crippen LogP) is 3.35. The Morgan fingerprint density at radius 3 is 2.27 bits per heavy atom. The lowest BCUT2D eigenvalue weighted by Gasteiger charge is -2.09. The van der Waals surface area contributed by atoms with E-state index in [-0.39, 0.29) is 0 Å². The van der Waals surface area contributed by atoms with Crippen molar-refractivity contribution in [2.24, 2.45) is 0 Å². The summed E-state index contributed by atoms with van der Waals surface area (Å²) in [5, 5.41) is 0. The molecule has 1 aromatic carbocycles. The molecular formula is C12H15ClO2. The van der Waals surface area contributed by atoms with Gasteiger partial charge in [-0.1, -0.05) is 18.2 Å². The minimum atomic E-state index is 0.619. The Labute approximate surface area is 95.5 Å². The van der Waals surface area contributed by atoms with Crippen molar-refractivity contribution in [2.75, 3.05) is 20.1 Å². The number of halogens is 1. The van der Waals surface area contributed by atoms with Crippen LogP contribution in [0.2, 0.25) is 0 Å². The SMILES string of the molecule is COc1cccc(OC)c1C=CCCCl. The molecule has 0 heterocycles. The van der Waals surface area contributed by atoms with Crippen molar-refractivity contribution in [1.29, 1.82) is 0 Å². The molecule has 0 radical (unpaired) electrons. The average Bonchev–Trinajstić information content (AvgIpc) is 2.29. The van der Waals surface area contributed by atoms with Gasteiger partial charge in [0, 0.05) is 5.88 Å². The van der Waals surface area contributed by atoms with Gasteiger partial charge in [0.25, 0.3) is 0 Å². The fourth-order valence-electron chi connectivity index (χ4n) is 1.31. The minimum Gasteiger partial charge on any atom is -0.496 e. The molecule has 1 aromatic rings. The zero-order valence-corrected chi connectivity index (χ0v) is 9.75. The smallest absolute Gasteiger partial charge is 0.129 e. The van der Waals surface area contributed by atoms with Crippen LogP contribution < -0.4 is 9.47 Å². The van der Waals surface area contributed by atoms with E-state index in [9.17, 15) is 0 Å². The van der Waals surface area contributed by atoms with E-state index < -0.39 is 0 Å². The highest BCUT2D eigenvalue weighted by atomic mass is 35.5. The lowest BCUT2D eigenvalue weighted by Crippen LogP contribution is -1.91. The maximum Gasteiger partial charge on any atom is 0.129 e. The molecule has 0 unspecified atom stereocenters. The van der Waals surface area contributed by atoms with E-state index >= 15 is 0 Å². The Kier molecular flexibility index (Phi) is 5.05. The van der Waals surface area contributed by atoms with Crippen LogP contribution in [0.25, 0.3) is 6.08 Å². The normalized spacial score (nSPS) is 10.6. The van der Waals surface area contributed by atoms with Gasteiger partial charge in [-0.15, -0.1) is 11.6 Å². The molecule has 0 bridgehead atoms. The van der Waals surface area contributed by atoms with Gasteiger partial charge in [0.1, 0.15) is 11.5 Å². The van der Waals surface area contributed by atoms with Gasteiger partial charge in [-0.2, -0.15) is 0 Å². The van der Waals surface area contributed by atoms with Crippen LogP contribution >= 0.6 is 11.6 Å². The third kappa shape index (κ3) is 3.17. The van der Waals surface area contributed by atoms with E-state index in [4.69, 9.17) is 21.1 Å². The van der Waals surface area contributed by atoms with Crippen molar-refractivity contribution in [3.63, 3.8) is 0 Å². The number of hydrogen-bond donors (Lipinski definition) is 0. The van der Waals surface area contributed by atoms with Gasteiger partial charge in [0.15, 0.2) is 0 Å². The summed E-state index contributed by atoms with van der Waals surface area (Å²) in [6, 6.07) is 5.71. The van der Waals surface area contributed by atoms with E-state index in [1.165, 1.54) is 0 Å². The van der Waals surface area contributed by atoms with Crippen molar-refractivity contribution < 1.29 is 9.47 Å². The highest BCUT2D eigenvalue weighted by Gasteiger charge is 2.05. The van der Waals surface area contributed by atoms with E-state index in [0.717, 1.165) is 23.5 Å². The van der Waals surface area contributed by atoms with Crippen molar-refractivity contribution in [2.45, 2.75) is 6.42 Å².